The first kappa shape index (κ1) is 17.9. The monoisotopic (exact) mass is 362 g/mol. The minimum atomic E-state index is -0.994. The molecule has 1 fully saturated rings. The van der Waals surface area contributed by atoms with Gasteiger partial charge in [0.1, 0.15) is 11.3 Å². The molecule has 1 amide bonds. The van der Waals surface area contributed by atoms with E-state index in [0.29, 0.717) is 30.2 Å². The summed E-state index contributed by atoms with van der Waals surface area (Å²) >= 11 is 5.98. The number of benzene rings is 1. The van der Waals surface area contributed by atoms with Gasteiger partial charge in [0.2, 0.25) is 5.91 Å². The third-order valence-electron chi connectivity index (χ3n) is 4.57. The molecule has 1 N–H and O–H groups in total. The molecular weight excluding hydrogens is 340 g/mol. The summed E-state index contributed by atoms with van der Waals surface area (Å²) in [5.74, 6) is 0.122. The van der Waals surface area contributed by atoms with Crippen molar-refractivity contribution < 1.29 is 9.90 Å². The van der Waals surface area contributed by atoms with Gasteiger partial charge in [-0.25, -0.2) is 4.68 Å². The van der Waals surface area contributed by atoms with Gasteiger partial charge in [-0.2, -0.15) is 0 Å². The second-order valence-electron chi connectivity index (χ2n) is 7.06. The molecule has 0 radical (unpaired) electrons. The third kappa shape index (κ3) is 4.38. The molecule has 3 rings (SSSR count). The van der Waals surface area contributed by atoms with E-state index in [-0.39, 0.29) is 11.9 Å². The number of aromatic nitrogens is 3. The van der Waals surface area contributed by atoms with Crippen molar-refractivity contribution in [2.75, 3.05) is 13.1 Å². The van der Waals surface area contributed by atoms with Crippen molar-refractivity contribution in [1.82, 2.24) is 19.9 Å². The number of carbonyl (C=O) groups excluding carboxylic acids is 1. The molecule has 7 heteroatoms. The number of hydrogen-bond donors (Lipinski definition) is 1. The largest absolute Gasteiger partial charge is 0.384 e. The van der Waals surface area contributed by atoms with Crippen LogP contribution in [-0.2, 0) is 16.8 Å². The van der Waals surface area contributed by atoms with Gasteiger partial charge in [-0.3, -0.25) is 4.79 Å². The van der Waals surface area contributed by atoms with E-state index >= 15 is 0 Å². The molecule has 1 saturated heterocycles. The normalized spacial score (nSPS) is 16.2. The van der Waals surface area contributed by atoms with E-state index in [1.54, 1.807) is 26.1 Å². The van der Waals surface area contributed by atoms with E-state index in [0.717, 1.165) is 18.4 Å². The average Bonchev–Trinajstić information content (AvgIpc) is 3.05. The fraction of sp³-hybridized carbons (Fsp3) is 0.500. The van der Waals surface area contributed by atoms with E-state index in [1.807, 2.05) is 27.8 Å². The summed E-state index contributed by atoms with van der Waals surface area (Å²) in [6.45, 7) is 4.78. The van der Waals surface area contributed by atoms with Gasteiger partial charge in [-0.15, -0.1) is 5.10 Å². The highest BCUT2D eigenvalue weighted by Crippen LogP contribution is 2.24. The molecule has 1 aromatic heterocycles. The fourth-order valence-corrected chi connectivity index (χ4v) is 3.26. The van der Waals surface area contributed by atoms with Crippen molar-refractivity contribution in [3.8, 4) is 0 Å². The van der Waals surface area contributed by atoms with Crippen molar-refractivity contribution in [2.24, 2.45) is 0 Å². The van der Waals surface area contributed by atoms with E-state index < -0.39 is 5.60 Å². The van der Waals surface area contributed by atoms with Crippen LogP contribution in [-0.4, -0.2) is 44.0 Å². The molecule has 1 aliphatic heterocycles. The number of nitrogens with zero attached hydrogens (tertiary/aromatic N) is 4. The van der Waals surface area contributed by atoms with Gasteiger partial charge >= 0.3 is 0 Å². The first-order valence-corrected chi connectivity index (χ1v) is 8.87. The van der Waals surface area contributed by atoms with E-state index in [4.69, 9.17) is 11.6 Å². The summed E-state index contributed by atoms with van der Waals surface area (Å²) in [4.78, 5) is 14.4. The van der Waals surface area contributed by atoms with Gasteiger partial charge in [0, 0.05) is 18.1 Å². The number of piperidine rings is 1. The van der Waals surface area contributed by atoms with Crippen LogP contribution < -0.4 is 0 Å². The lowest BCUT2D eigenvalue weighted by Crippen LogP contribution is -2.40. The van der Waals surface area contributed by atoms with Crippen LogP contribution in [0.1, 0.15) is 44.0 Å². The average molecular weight is 363 g/mol. The van der Waals surface area contributed by atoms with Crippen LogP contribution in [0.15, 0.2) is 30.5 Å². The summed E-state index contributed by atoms with van der Waals surface area (Å²) in [6.07, 6.45) is 3.83. The number of hydrogen-bond acceptors (Lipinski definition) is 4. The lowest BCUT2D eigenvalue weighted by molar-refractivity contribution is -0.131. The predicted molar refractivity (Wildman–Crippen MR) is 95.3 cm³/mol. The lowest BCUT2D eigenvalue weighted by Gasteiger charge is -2.32. The minimum absolute atomic E-state index is 0.122. The van der Waals surface area contributed by atoms with Crippen molar-refractivity contribution in [2.45, 2.75) is 44.8 Å². The maximum atomic E-state index is 12.5. The highest BCUT2D eigenvalue weighted by molar-refractivity contribution is 6.30. The highest BCUT2D eigenvalue weighted by atomic mass is 35.5. The van der Waals surface area contributed by atoms with Gasteiger partial charge in [-0.1, -0.05) is 28.9 Å². The summed E-state index contributed by atoms with van der Waals surface area (Å²) in [6, 6.07) is 7.63. The van der Waals surface area contributed by atoms with Gasteiger partial charge in [0.25, 0.3) is 0 Å². The minimum Gasteiger partial charge on any atom is -0.384 e. The zero-order chi connectivity index (χ0) is 18.0. The number of aliphatic hydroxyl groups is 1. The van der Waals surface area contributed by atoms with Crippen LogP contribution in [0, 0.1) is 0 Å². The molecule has 0 saturated carbocycles. The van der Waals surface area contributed by atoms with Gasteiger partial charge in [-0.05, 0) is 44.4 Å². The quantitative estimate of drug-likeness (QED) is 0.907. The number of carbonyl (C=O) groups is 1. The molecule has 0 unspecified atom stereocenters. The Morgan fingerprint density at radius 2 is 2.08 bits per heavy atom. The third-order valence-corrected chi connectivity index (χ3v) is 4.81. The van der Waals surface area contributed by atoms with Crippen LogP contribution in [0.5, 0.6) is 0 Å². The maximum absolute atomic E-state index is 12.5. The second-order valence-corrected chi connectivity index (χ2v) is 7.50. The number of amides is 1. The Hall–Kier alpha value is -1.92. The first-order valence-electron chi connectivity index (χ1n) is 8.50. The molecule has 6 nitrogen and oxygen atoms in total. The Morgan fingerprint density at radius 1 is 1.36 bits per heavy atom. The zero-order valence-corrected chi connectivity index (χ0v) is 15.3. The van der Waals surface area contributed by atoms with Crippen molar-refractivity contribution >= 4 is 17.5 Å². The molecule has 0 bridgehead atoms. The number of likely N-dealkylation sites (tertiary alicyclic amines) is 1. The molecule has 134 valence electrons. The molecular formula is C18H23ClN4O2. The standard InChI is InChI=1S/C18H23ClN4O2/c1-18(2,25)16-12-23(21-20-16)15-6-8-22(9-7-15)17(24)11-13-4-3-5-14(19)10-13/h3-5,10,12,15,25H,6-9,11H2,1-2H3. The molecule has 0 atom stereocenters. The smallest absolute Gasteiger partial charge is 0.226 e. The van der Waals surface area contributed by atoms with Gasteiger partial charge in [0.15, 0.2) is 0 Å². The predicted octanol–water partition coefficient (Wildman–Crippen LogP) is 2.57. The molecule has 1 aliphatic rings. The van der Waals surface area contributed by atoms with Gasteiger partial charge in [0.05, 0.1) is 18.7 Å². The lowest BCUT2D eigenvalue weighted by atomic mass is 10.0. The molecule has 0 spiro atoms. The molecule has 2 heterocycles. The Bertz CT molecular complexity index is 746. The topological polar surface area (TPSA) is 71.2 Å². The summed E-state index contributed by atoms with van der Waals surface area (Å²) in [5, 5.41) is 18.8. The van der Waals surface area contributed by atoms with Crippen molar-refractivity contribution in [3.05, 3.63) is 46.7 Å². The molecule has 1 aromatic carbocycles. The Balaban J connectivity index is 1.56. The molecule has 25 heavy (non-hydrogen) atoms. The second kappa shape index (κ2) is 7.14. The maximum Gasteiger partial charge on any atom is 0.226 e. The summed E-state index contributed by atoms with van der Waals surface area (Å²) in [7, 11) is 0. The SMILES string of the molecule is CC(C)(O)c1cn(C2CCN(C(=O)Cc3cccc(Cl)c3)CC2)nn1. The molecule has 2 aromatic rings. The number of halogens is 1. The first-order chi connectivity index (χ1) is 11.8. The van der Waals surface area contributed by atoms with Crippen LogP contribution in [0.4, 0.5) is 0 Å². The Labute approximate surface area is 152 Å². The van der Waals surface area contributed by atoms with Crippen molar-refractivity contribution in [3.63, 3.8) is 0 Å². The van der Waals surface area contributed by atoms with Crippen LogP contribution >= 0.6 is 11.6 Å². The zero-order valence-electron chi connectivity index (χ0n) is 14.5. The van der Waals surface area contributed by atoms with E-state index in [2.05, 4.69) is 10.3 Å². The van der Waals surface area contributed by atoms with E-state index in [1.165, 1.54) is 0 Å². The van der Waals surface area contributed by atoms with Crippen molar-refractivity contribution in [1.29, 1.82) is 0 Å². The van der Waals surface area contributed by atoms with E-state index in [9.17, 15) is 9.90 Å². The van der Waals surface area contributed by atoms with Gasteiger partial charge < -0.3 is 10.0 Å². The number of rotatable bonds is 4. The fourth-order valence-electron chi connectivity index (χ4n) is 3.05. The summed E-state index contributed by atoms with van der Waals surface area (Å²) in [5.41, 5.74) is 0.504. The van der Waals surface area contributed by atoms with Crippen LogP contribution in [0.25, 0.3) is 0 Å². The van der Waals surface area contributed by atoms with Crippen LogP contribution in [0.3, 0.4) is 0 Å². The molecule has 0 aliphatic carbocycles. The van der Waals surface area contributed by atoms with Crippen LogP contribution in [0.2, 0.25) is 5.02 Å². The Kier molecular flexibility index (Phi) is 5.11. The summed E-state index contributed by atoms with van der Waals surface area (Å²) < 4.78 is 1.81. The Morgan fingerprint density at radius 3 is 2.68 bits per heavy atom. The highest BCUT2D eigenvalue weighted by Gasteiger charge is 2.27.